The molecule has 86 valence electrons. The number of hydrogen-bond donors (Lipinski definition) is 0. The van der Waals surface area contributed by atoms with Gasteiger partial charge in [-0.3, -0.25) is 0 Å². The lowest BCUT2D eigenvalue weighted by molar-refractivity contribution is 0.851. The molecule has 0 saturated heterocycles. The highest BCUT2D eigenvalue weighted by atomic mass is 79.9. The number of rotatable bonds is 2. The van der Waals surface area contributed by atoms with Crippen LogP contribution in [0.1, 0.15) is 4.88 Å². The predicted octanol–water partition coefficient (Wildman–Crippen LogP) is 5.28. The van der Waals surface area contributed by atoms with Crippen molar-refractivity contribution in [1.82, 2.24) is 4.57 Å². The highest BCUT2D eigenvalue weighted by Gasteiger charge is 2.05. The summed E-state index contributed by atoms with van der Waals surface area (Å²) in [5.41, 5.74) is 1.27. The zero-order valence-corrected chi connectivity index (χ0v) is 12.8. The van der Waals surface area contributed by atoms with Crippen LogP contribution in [0.3, 0.4) is 0 Å². The Morgan fingerprint density at radius 1 is 1.06 bits per heavy atom. The number of nitrogens with zero attached hydrogens (tertiary/aromatic N) is 1. The van der Waals surface area contributed by atoms with Crippen molar-refractivity contribution in [3.8, 4) is 0 Å². The van der Waals surface area contributed by atoms with Crippen molar-refractivity contribution in [2.24, 2.45) is 0 Å². The van der Waals surface area contributed by atoms with Gasteiger partial charge in [0.15, 0.2) is 0 Å². The molecule has 2 heterocycles. The van der Waals surface area contributed by atoms with Crippen LogP contribution in [0.25, 0.3) is 10.9 Å². The first-order valence-corrected chi connectivity index (χ1v) is 7.62. The molecule has 0 atom stereocenters. The first-order valence-electron chi connectivity index (χ1n) is 5.21. The number of hydrogen-bond acceptors (Lipinski definition) is 1. The standard InChI is InChI=1S/C13H9Br2NS/c14-11-2-1-3-12-10(11)6-7-16(12)8-9-4-5-13(15)17-9/h1-7H,8H2. The van der Waals surface area contributed by atoms with E-state index in [-0.39, 0.29) is 0 Å². The summed E-state index contributed by atoms with van der Waals surface area (Å²) < 4.78 is 4.62. The molecule has 0 saturated carbocycles. The maximum atomic E-state index is 3.58. The Morgan fingerprint density at radius 2 is 1.94 bits per heavy atom. The van der Waals surface area contributed by atoms with E-state index in [1.807, 2.05) is 0 Å². The number of aromatic nitrogens is 1. The summed E-state index contributed by atoms with van der Waals surface area (Å²) in [4.78, 5) is 1.36. The van der Waals surface area contributed by atoms with Gasteiger partial charge in [0.1, 0.15) is 0 Å². The summed E-state index contributed by atoms with van der Waals surface area (Å²) in [7, 11) is 0. The molecule has 0 aliphatic rings. The van der Waals surface area contributed by atoms with Gasteiger partial charge in [0.05, 0.1) is 10.3 Å². The Bertz CT molecular complexity index is 669. The minimum absolute atomic E-state index is 0.927. The Kier molecular flexibility index (Phi) is 3.11. The van der Waals surface area contributed by atoms with E-state index >= 15 is 0 Å². The van der Waals surface area contributed by atoms with Gasteiger partial charge in [0, 0.05) is 26.4 Å². The van der Waals surface area contributed by atoms with Gasteiger partial charge in [0.2, 0.25) is 0 Å². The first-order chi connectivity index (χ1) is 8.24. The van der Waals surface area contributed by atoms with Crippen molar-refractivity contribution in [2.75, 3.05) is 0 Å². The zero-order valence-electron chi connectivity index (χ0n) is 8.86. The average molecular weight is 371 g/mol. The molecule has 1 aromatic carbocycles. The molecule has 0 bridgehead atoms. The van der Waals surface area contributed by atoms with E-state index in [0.717, 1.165) is 11.0 Å². The quantitative estimate of drug-likeness (QED) is 0.578. The van der Waals surface area contributed by atoms with Crippen LogP contribution in [0.5, 0.6) is 0 Å². The summed E-state index contributed by atoms with van der Waals surface area (Å²) in [6.07, 6.45) is 2.14. The molecular weight excluding hydrogens is 362 g/mol. The van der Waals surface area contributed by atoms with E-state index in [0.29, 0.717) is 0 Å². The van der Waals surface area contributed by atoms with Crippen LogP contribution in [-0.4, -0.2) is 4.57 Å². The molecule has 1 nitrogen and oxygen atoms in total. The van der Waals surface area contributed by atoms with Crippen molar-refractivity contribution in [1.29, 1.82) is 0 Å². The third-order valence-corrected chi connectivity index (χ3v) is 5.02. The van der Waals surface area contributed by atoms with Gasteiger partial charge in [-0.25, -0.2) is 0 Å². The molecule has 0 unspecified atom stereocenters. The molecule has 0 aliphatic carbocycles. The molecule has 0 N–H and O–H groups in total. The lowest BCUT2D eigenvalue weighted by atomic mass is 10.2. The largest absolute Gasteiger partial charge is 0.342 e. The van der Waals surface area contributed by atoms with Crippen molar-refractivity contribution in [2.45, 2.75) is 6.54 Å². The fourth-order valence-corrected chi connectivity index (χ4v) is 3.90. The van der Waals surface area contributed by atoms with Crippen LogP contribution in [0.2, 0.25) is 0 Å². The molecular formula is C13H9Br2NS. The highest BCUT2D eigenvalue weighted by molar-refractivity contribution is 9.11. The van der Waals surface area contributed by atoms with Crippen LogP contribution in [0.15, 0.2) is 50.9 Å². The van der Waals surface area contributed by atoms with Crippen molar-refractivity contribution < 1.29 is 0 Å². The summed E-state index contributed by atoms with van der Waals surface area (Å²) >= 11 is 8.86. The van der Waals surface area contributed by atoms with Gasteiger partial charge in [-0.05, 0) is 46.3 Å². The van der Waals surface area contributed by atoms with Crippen LogP contribution >= 0.6 is 43.2 Å². The lowest BCUT2D eigenvalue weighted by Crippen LogP contribution is -1.94. The maximum absolute atomic E-state index is 3.58. The minimum Gasteiger partial charge on any atom is -0.342 e. The Labute approximate surface area is 120 Å². The first kappa shape index (κ1) is 11.5. The van der Waals surface area contributed by atoms with Crippen LogP contribution < -0.4 is 0 Å². The van der Waals surface area contributed by atoms with Gasteiger partial charge in [-0.1, -0.05) is 22.0 Å². The van der Waals surface area contributed by atoms with E-state index < -0.39 is 0 Å². The van der Waals surface area contributed by atoms with Crippen LogP contribution in [-0.2, 0) is 6.54 Å². The summed E-state index contributed by atoms with van der Waals surface area (Å²) in [6, 6.07) is 12.7. The monoisotopic (exact) mass is 369 g/mol. The summed E-state index contributed by atoms with van der Waals surface area (Å²) in [5.74, 6) is 0. The Hall–Kier alpha value is -0.580. The summed E-state index contributed by atoms with van der Waals surface area (Å²) in [6.45, 7) is 0.927. The van der Waals surface area contributed by atoms with Gasteiger partial charge in [0.25, 0.3) is 0 Å². The molecule has 0 radical (unpaired) electrons. The van der Waals surface area contributed by atoms with E-state index in [1.54, 1.807) is 11.3 Å². The lowest BCUT2D eigenvalue weighted by Gasteiger charge is -2.03. The number of fused-ring (bicyclic) bond motifs is 1. The van der Waals surface area contributed by atoms with Gasteiger partial charge < -0.3 is 4.57 Å². The molecule has 2 aromatic heterocycles. The third kappa shape index (κ3) is 2.21. The second kappa shape index (κ2) is 4.59. The molecule has 0 fully saturated rings. The van der Waals surface area contributed by atoms with Crippen LogP contribution in [0, 0.1) is 0 Å². The van der Waals surface area contributed by atoms with E-state index in [2.05, 4.69) is 79.0 Å². The number of thiophene rings is 1. The second-order valence-corrected chi connectivity index (χ2v) is 7.22. The normalized spacial score (nSPS) is 11.2. The van der Waals surface area contributed by atoms with Crippen molar-refractivity contribution in [3.05, 3.63) is 55.7 Å². The Morgan fingerprint density at radius 3 is 2.71 bits per heavy atom. The smallest absolute Gasteiger partial charge is 0.0702 e. The molecule has 0 aliphatic heterocycles. The average Bonchev–Trinajstić information content (AvgIpc) is 2.88. The topological polar surface area (TPSA) is 4.93 Å². The van der Waals surface area contributed by atoms with E-state index in [9.17, 15) is 0 Å². The van der Waals surface area contributed by atoms with Gasteiger partial charge in [-0.2, -0.15) is 0 Å². The van der Waals surface area contributed by atoms with Gasteiger partial charge in [-0.15, -0.1) is 11.3 Å². The molecule has 0 amide bonds. The zero-order chi connectivity index (χ0) is 11.8. The predicted molar refractivity (Wildman–Crippen MR) is 80.8 cm³/mol. The molecule has 3 rings (SSSR count). The van der Waals surface area contributed by atoms with Crippen molar-refractivity contribution >= 4 is 54.1 Å². The van der Waals surface area contributed by atoms with Crippen LogP contribution in [0.4, 0.5) is 0 Å². The molecule has 3 aromatic rings. The molecule has 0 spiro atoms. The maximum Gasteiger partial charge on any atom is 0.0702 e. The molecule has 4 heteroatoms. The summed E-state index contributed by atoms with van der Waals surface area (Å²) in [5, 5.41) is 1.27. The Balaban J connectivity index is 2.04. The minimum atomic E-state index is 0.927. The fourth-order valence-electron chi connectivity index (χ4n) is 1.93. The second-order valence-electron chi connectivity index (χ2n) is 3.82. The highest BCUT2D eigenvalue weighted by Crippen LogP contribution is 2.27. The SMILES string of the molecule is Brc1ccc(Cn2ccc3c(Br)cccc32)s1. The van der Waals surface area contributed by atoms with Crippen molar-refractivity contribution in [3.63, 3.8) is 0 Å². The van der Waals surface area contributed by atoms with E-state index in [1.165, 1.54) is 19.6 Å². The van der Waals surface area contributed by atoms with Gasteiger partial charge >= 0.3 is 0 Å². The van der Waals surface area contributed by atoms with E-state index in [4.69, 9.17) is 0 Å². The third-order valence-electron chi connectivity index (χ3n) is 2.72. The molecule has 17 heavy (non-hydrogen) atoms. The number of halogens is 2. The fraction of sp³-hybridized carbons (Fsp3) is 0.0769. The number of benzene rings is 1.